The van der Waals surface area contributed by atoms with Crippen LogP contribution < -0.4 is 4.74 Å². The second-order valence-corrected chi connectivity index (χ2v) is 8.17. The Bertz CT molecular complexity index is 1280. The van der Waals surface area contributed by atoms with Gasteiger partial charge in [0.05, 0.1) is 5.56 Å². The summed E-state index contributed by atoms with van der Waals surface area (Å²) in [7, 11) is 0. The molecule has 1 atom stereocenters. The molecule has 0 N–H and O–H groups in total. The molecule has 0 saturated carbocycles. The predicted molar refractivity (Wildman–Crippen MR) is 132 cm³/mol. The van der Waals surface area contributed by atoms with Crippen LogP contribution in [0.1, 0.15) is 45.5 Å². The van der Waals surface area contributed by atoms with Gasteiger partial charge in [-0.05, 0) is 71.5 Å². The van der Waals surface area contributed by atoms with E-state index >= 15 is 0 Å². The highest BCUT2D eigenvalue weighted by Gasteiger charge is 2.10. The number of ether oxygens (including phenoxy) is 1. The van der Waals surface area contributed by atoms with Crippen molar-refractivity contribution in [1.82, 2.24) is 0 Å². The van der Waals surface area contributed by atoms with Gasteiger partial charge >= 0.3 is 5.97 Å². The molecule has 0 spiro atoms. The lowest BCUT2D eigenvalue weighted by atomic mass is 9.93. The van der Waals surface area contributed by atoms with Crippen molar-refractivity contribution >= 4 is 18.1 Å². The van der Waals surface area contributed by atoms with Crippen molar-refractivity contribution in [2.75, 3.05) is 0 Å². The molecule has 0 bridgehead atoms. The van der Waals surface area contributed by atoms with Crippen molar-refractivity contribution in [1.29, 1.82) is 0 Å². The number of hydrogen-bond donors (Lipinski definition) is 0. The summed E-state index contributed by atoms with van der Waals surface area (Å²) < 4.78 is 32.9. The lowest BCUT2D eigenvalue weighted by molar-refractivity contribution is 0.0734. The van der Waals surface area contributed by atoms with E-state index in [1.165, 1.54) is 29.8 Å². The van der Waals surface area contributed by atoms with Crippen LogP contribution in [0, 0.1) is 11.6 Å². The largest absolute Gasteiger partial charge is 0.423 e. The molecular weight excluding hydrogens is 430 g/mol. The predicted octanol–water partition coefficient (Wildman–Crippen LogP) is 7.70. The normalized spacial score (nSPS) is 12.0. The topological polar surface area (TPSA) is 26.3 Å². The Kier molecular flexibility index (Phi) is 7.28. The van der Waals surface area contributed by atoms with Crippen molar-refractivity contribution in [2.24, 2.45) is 0 Å². The first-order chi connectivity index (χ1) is 16.5. The summed E-state index contributed by atoms with van der Waals surface area (Å²) in [5.74, 6) is -0.631. The smallest absolute Gasteiger partial charge is 0.343 e. The van der Waals surface area contributed by atoms with E-state index in [9.17, 15) is 13.6 Å². The minimum absolute atomic E-state index is 0.270. The van der Waals surface area contributed by atoms with Crippen molar-refractivity contribution < 1.29 is 18.3 Å². The van der Waals surface area contributed by atoms with E-state index in [0.29, 0.717) is 17.0 Å². The number of hydrogen-bond acceptors (Lipinski definition) is 2. The third-order valence-corrected chi connectivity index (χ3v) is 5.60. The average molecular weight is 455 g/mol. The minimum atomic E-state index is -0.534. The van der Waals surface area contributed by atoms with E-state index in [0.717, 1.165) is 17.5 Å². The number of rotatable bonds is 7. The van der Waals surface area contributed by atoms with Crippen LogP contribution in [0.4, 0.5) is 8.78 Å². The van der Waals surface area contributed by atoms with E-state index < -0.39 is 11.8 Å². The fraction of sp³-hybridized carbons (Fsp3) is 0.100. The average Bonchev–Trinajstić information content (AvgIpc) is 2.86. The summed E-state index contributed by atoms with van der Waals surface area (Å²) >= 11 is 0. The molecule has 34 heavy (non-hydrogen) atoms. The Morgan fingerprint density at radius 3 is 2.24 bits per heavy atom. The Balaban J connectivity index is 1.38. The molecule has 0 amide bonds. The second kappa shape index (κ2) is 10.7. The number of halogens is 2. The van der Waals surface area contributed by atoms with Crippen LogP contribution in [-0.4, -0.2) is 5.97 Å². The van der Waals surface area contributed by atoms with Gasteiger partial charge in [0.15, 0.2) is 0 Å². The lowest BCUT2D eigenvalue weighted by Gasteiger charge is -2.12. The van der Waals surface area contributed by atoms with Crippen molar-refractivity contribution in [3.63, 3.8) is 0 Å². The van der Waals surface area contributed by atoms with Crippen LogP contribution in [0.25, 0.3) is 12.2 Å². The van der Waals surface area contributed by atoms with Crippen LogP contribution >= 0.6 is 0 Å². The molecule has 0 saturated heterocycles. The van der Waals surface area contributed by atoms with Gasteiger partial charge in [0.25, 0.3) is 0 Å². The van der Waals surface area contributed by atoms with Crippen LogP contribution in [0.2, 0.25) is 0 Å². The van der Waals surface area contributed by atoms with E-state index in [2.05, 4.69) is 19.1 Å². The fourth-order valence-electron chi connectivity index (χ4n) is 3.67. The molecule has 4 rings (SSSR count). The van der Waals surface area contributed by atoms with Crippen molar-refractivity contribution in [2.45, 2.75) is 19.3 Å². The molecule has 4 heteroatoms. The van der Waals surface area contributed by atoms with Gasteiger partial charge in [0, 0.05) is 5.56 Å². The molecule has 4 aromatic carbocycles. The zero-order valence-corrected chi connectivity index (χ0v) is 18.7. The van der Waals surface area contributed by atoms with Crippen molar-refractivity contribution in [3.8, 4) is 5.75 Å². The number of carbonyl (C=O) groups excluding carboxylic acids is 1. The SMILES string of the molecule is CC(Cc1ccc(/C=C/c2ccc(C(=O)Oc3ccc(F)cc3)cc2)c(F)c1)c1ccccc1. The molecule has 0 radical (unpaired) electrons. The standard InChI is InChI=1S/C30H24F2O2/c1-21(24-5-3-2-4-6-24)19-23-10-12-25(29(32)20-23)11-7-22-8-13-26(14-9-22)30(33)34-28-17-15-27(31)16-18-28/h2-18,20-21H,19H2,1H3/b11-7+. The molecule has 0 heterocycles. The molecule has 0 aromatic heterocycles. The number of carbonyl (C=O) groups is 1. The first kappa shape index (κ1) is 23.1. The summed E-state index contributed by atoms with van der Waals surface area (Å²) in [5.41, 5.74) is 3.87. The Morgan fingerprint density at radius 1 is 0.853 bits per heavy atom. The van der Waals surface area contributed by atoms with Crippen molar-refractivity contribution in [3.05, 3.63) is 137 Å². The Labute approximate surface area is 198 Å². The van der Waals surface area contributed by atoms with Crippen LogP contribution in [-0.2, 0) is 6.42 Å². The minimum Gasteiger partial charge on any atom is -0.423 e. The molecule has 0 aliphatic heterocycles. The molecule has 0 fully saturated rings. The van der Waals surface area contributed by atoms with Gasteiger partial charge in [-0.25, -0.2) is 13.6 Å². The second-order valence-electron chi connectivity index (χ2n) is 8.17. The van der Waals surface area contributed by atoms with E-state index in [-0.39, 0.29) is 11.6 Å². The molecular formula is C30H24F2O2. The lowest BCUT2D eigenvalue weighted by Crippen LogP contribution is -2.08. The van der Waals surface area contributed by atoms with Crippen LogP contribution in [0.15, 0.2) is 97.1 Å². The maximum absolute atomic E-state index is 14.7. The molecule has 1 unspecified atom stereocenters. The monoisotopic (exact) mass is 454 g/mol. The summed E-state index contributed by atoms with van der Waals surface area (Å²) in [5, 5.41) is 0. The summed E-state index contributed by atoms with van der Waals surface area (Å²) in [6.07, 6.45) is 4.27. The van der Waals surface area contributed by atoms with Gasteiger partial charge in [-0.3, -0.25) is 0 Å². The highest BCUT2D eigenvalue weighted by molar-refractivity contribution is 5.91. The number of esters is 1. The third-order valence-electron chi connectivity index (χ3n) is 5.60. The highest BCUT2D eigenvalue weighted by atomic mass is 19.1. The van der Waals surface area contributed by atoms with Gasteiger partial charge in [-0.2, -0.15) is 0 Å². The van der Waals surface area contributed by atoms with E-state index in [4.69, 9.17) is 4.74 Å². The number of benzene rings is 4. The molecule has 170 valence electrons. The fourth-order valence-corrected chi connectivity index (χ4v) is 3.67. The quantitative estimate of drug-likeness (QED) is 0.162. The summed E-state index contributed by atoms with van der Waals surface area (Å²) in [6.45, 7) is 2.14. The maximum atomic E-state index is 14.7. The van der Waals surface area contributed by atoms with Gasteiger partial charge in [-0.1, -0.05) is 73.7 Å². The van der Waals surface area contributed by atoms with E-state index in [1.54, 1.807) is 48.6 Å². The van der Waals surface area contributed by atoms with Gasteiger partial charge < -0.3 is 4.74 Å². The van der Waals surface area contributed by atoms with Crippen LogP contribution in [0.5, 0.6) is 5.75 Å². The van der Waals surface area contributed by atoms with Gasteiger partial charge in [0.2, 0.25) is 0 Å². The first-order valence-electron chi connectivity index (χ1n) is 11.1. The molecule has 0 aliphatic rings. The highest BCUT2D eigenvalue weighted by Crippen LogP contribution is 2.22. The third kappa shape index (κ3) is 6.04. The van der Waals surface area contributed by atoms with Gasteiger partial charge in [0.1, 0.15) is 17.4 Å². The van der Waals surface area contributed by atoms with E-state index in [1.807, 2.05) is 24.3 Å². The molecule has 0 aliphatic carbocycles. The molecule has 4 aromatic rings. The Morgan fingerprint density at radius 2 is 1.56 bits per heavy atom. The first-order valence-corrected chi connectivity index (χ1v) is 11.1. The molecule has 2 nitrogen and oxygen atoms in total. The van der Waals surface area contributed by atoms with Gasteiger partial charge in [-0.15, -0.1) is 0 Å². The van der Waals surface area contributed by atoms with Crippen LogP contribution in [0.3, 0.4) is 0 Å². The summed E-state index contributed by atoms with van der Waals surface area (Å²) in [6, 6.07) is 27.6. The zero-order valence-electron chi connectivity index (χ0n) is 18.7. The zero-order chi connectivity index (χ0) is 23.9. The summed E-state index contributed by atoms with van der Waals surface area (Å²) in [4.78, 5) is 12.2. The Hall–Kier alpha value is -4.05. The maximum Gasteiger partial charge on any atom is 0.343 e.